The van der Waals surface area contributed by atoms with Gasteiger partial charge in [0, 0.05) is 19.7 Å². The van der Waals surface area contributed by atoms with E-state index in [1.54, 1.807) is 17.9 Å². The summed E-state index contributed by atoms with van der Waals surface area (Å²) in [5, 5.41) is 12.9. The van der Waals surface area contributed by atoms with Gasteiger partial charge in [-0.05, 0) is 0 Å². The number of hydrogen-bond acceptors (Lipinski definition) is 2. The third-order valence-corrected chi connectivity index (χ3v) is 1.75. The molecule has 1 heterocycles. The first-order valence-corrected chi connectivity index (χ1v) is 3.87. The van der Waals surface area contributed by atoms with Crippen molar-refractivity contribution in [1.82, 2.24) is 9.78 Å². The molecule has 0 aliphatic carbocycles. The molecule has 0 amide bonds. The minimum Gasteiger partial charge on any atom is -0.481 e. The lowest BCUT2D eigenvalue weighted by Crippen LogP contribution is -1.99. The third kappa shape index (κ3) is 2.23. The first-order valence-electron chi connectivity index (χ1n) is 3.49. The van der Waals surface area contributed by atoms with Gasteiger partial charge in [0.05, 0.1) is 17.1 Å². The van der Waals surface area contributed by atoms with Crippen molar-refractivity contribution in [2.24, 2.45) is 7.05 Å². The molecule has 0 atom stereocenters. The number of aliphatic carboxylic acids is 1. The molecule has 1 aromatic rings. The van der Waals surface area contributed by atoms with Gasteiger partial charge in [-0.15, -0.1) is 0 Å². The predicted octanol–water partition coefficient (Wildman–Crippen LogP) is 1.09. The zero-order chi connectivity index (χ0) is 9.14. The standard InChI is InChI=1S/C7H9ClN2O2/c1-10-4-5(8)6(9-10)2-3-7(11)12/h4H,2-3H2,1H3,(H,11,12). The number of nitrogens with zero attached hydrogens (tertiary/aromatic N) is 2. The van der Waals surface area contributed by atoms with Gasteiger partial charge in [-0.25, -0.2) is 0 Å². The van der Waals surface area contributed by atoms with Crippen LogP contribution in [0, 0.1) is 0 Å². The number of aryl methyl sites for hydroxylation is 2. The maximum atomic E-state index is 10.2. The van der Waals surface area contributed by atoms with Crippen molar-refractivity contribution < 1.29 is 9.90 Å². The van der Waals surface area contributed by atoms with E-state index in [9.17, 15) is 4.79 Å². The topological polar surface area (TPSA) is 55.1 Å². The molecule has 0 bridgehead atoms. The monoisotopic (exact) mass is 188 g/mol. The van der Waals surface area contributed by atoms with Gasteiger partial charge >= 0.3 is 5.97 Å². The van der Waals surface area contributed by atoms with E-state index < -0.39 is 5.97 Å². The summed E-state index contributed by atoms with van der Waals surface area (Å²) in [7, 11) is 1.75. The van der Waals surface area contributed by atoms with Crippen LogP contribution < -0.4 is 0 Å². The zero-order valence-electron chi connectivity index (χ0n) is 6.62. The summed E-state index contributed by atoms with van der Waals surface area (Å²) < 4.78 is 1.57. The second-order valence-corrected chi connectivity index (χ2v) is 2.90. The molecule has 1 aromatic heterocycles. The van der Waals surface area contributed by atoms with Gasteiger partial charge in [0.1, 0.15) is 0 Å². The molecular weight excluding hydrogens is 180 g/mol. The molecule has 1 rings (SSSR count). The number of hydrogen-bond donors (Lipinski definition) is 1. The fraction of sp³-hybridized carbons (Fsp3) is 0.429. The average molecular weight is 189 g/mol. The van der Waals surface area contributed by atoms with Crippen LogP contribution in [0.4, 0.5) is 0 Å². The Bertz CT molecular complexity index is 296. The molecule has 0 radical (unpaired) electrons. The third-order valence-electron chi connectivity index (χ3n) is 1.43. The second-order valence-electron chi connectivity index (χ2n) is 2.49. The molecule has 5 heteroatoms. The van der Waals surface area contributed by atoms with Gasteiger partial charge in [0.25, 0.3) is 0 Å². The Morgan fingerprint density at radius 2 is 2.50 bits per heavy atom. The molecule has 0 spiro atoms. The average Bonchev–Trinajstić information content (AvgIpc) is 2.26. The highest BCUT2D eigenvalue weighted by molar-refractivity contribution is 6.31. The SMILES string of the molecule is Cn1cc(Cl)c(CCC(=O)O)n1. The predicted molar refractivity (Wildman–Crippen MR) is 44.2 cm³/mol. The Kier molecular flexibility index (Phi) is 2.70. The minimum atomic E-state index is -0.836. The number of aromatic nitrogens is 2. The number of halogens is 1. The van der Waals surface area contributed by atoms with E-state index in [2.05, 4.69) is 5.10 Å². The Morgan fingerprint density at radius 3 is 2.92 bits per heavy atom. The van der Waals surface area contributed by atoms with Crippen molar-refractivity contribution in [2.75, 3.05) is 0 Å². The fourth-order valence-corrected chi connectivity index (χ4v) is 1.17. The van der Waals surface area contributed by atoms with Gasteiger partial charge in [0.15, 0.2) is 0 Å². The van der Waals surface area contributed by atoms with Gasteiger partial charge < -0.3 is 5.11 Å². The van der Waals surface area contributed by atoms with Crippen LogP contribution >= 0.6 is 11.6 Å². The van der Waals surface area contributed by atoms with Crippen LogP contribution in [0.2, 0.25) is 5.02 Å². The van der Waals surface area contributed by atoms with Crippen LogP contribution in [0.1, 0.15) is 12.1 Å². The normalized spacial score (nSPS) is 10.2. The Labute approximate surface area is 74.8 Å². The minimum absolute atomic E-state index is 0.0662. The molecule has 4 nitrogen and oxygen atoms in total. The van der Waals surface area contributed by atoms with E-state index in [1.165, 1.54) is 0 Å². The number of rotatable bonds is 3. The zero-order valence-corrected chi connectivity index (χ0v) is 7.38. The maximum absolute atomic E-state index is 10.2. The quantitative estimate of drug-likeness (QED) is 0.773. The Morgan fingerprint density at radius 1 is 1.83 bits per heavy atom. The summed E-state index contributed by atoms with van der Waals surface area (Å²) in [6.07, 6.45) is 2.10. The first-order chi connectivity index (χ1) is 5.59. The molecule has 0 saturated heterocycles. The largest absolute Gasteiger partial charge is 0.481 e. The summed E-state index contributed by atoms with van der Waals surface area (Å²) in [5.41, 5.74) is 0.640. The van der Waals surface area contributed by atoms with Gasteiger partial charge in [-0.3, -0.25) is 9.48 Å². The van der Waals surface area contributed by atoms with Crippen molar-refractivity contribution in [1.29, 1.82) is 0 Å². The highest BCUT2D eigenvalue weighted by Crippen LogP contribution is 2.14. The summed E-state index contributed by atoms with van der Waals surface area (Å²) in [6, 6.07) is 0. The molecule has 1 N–H and O–H groups in total. The molecule has 66 valence electrons. The van der Waals surface area contributed by atoms with Crippen LogP contribution in [0.5, 0.6) is 0 Å². The Hall–Kier alpha value is -1.03. The van der Waals surface area contributed by atoms with Crippen molar-refractivity contribution in [3.63, 3.8) is 0 Å². The number of carboxylic acids is 1. The second kappa shape index (κ2) is 3.58. The first kappa shape index (κ1) is 9.06. The molecule has 0 aliphatic rings. The highest BCUT2D eigenvalue weighted by atomic mass is 35.5. The van der Waals surface area contributed by atoms with E-state index in [-0.39, 0.29) is 6.42 Å². The van der Waals surface area contributed by atoms with Crippen molar-refractivity contribution in [2.45, 2.75) is 12.8 Å². The lowest BCUT2D eigenvalue weighted by Gasteiger charge is -1.91. The van der Waals surface area contributed by atoms with Crippen molar-refractivity contribution in [3.05, 3.63) is 16.9 Å². The molecule has 0 unspecified atom stereocenters. The lowest BCUT2D eigenvalue weighted by atomic mass is 10.2. The number of carbonyl (C=O) groups is 1. The lowest BCUT2D eigenvalue weighted by molar-refractivity contribution is -0.136. The smallest absolute Gasteiger partial charge is 0.303 e. The maximum Gasteiger partial charge on any atom is 0.303 e. The summed E-state index contributed by atoms with van der Waals surface area (Å²) in [4.78, 5) is 10.2. The fourth-order valence-electron chi connectivity index (χ4n) is 0.900. The van der Waals surface area contributed by atoms with Crippen LogP contribution in [0.3, 0.4) is 0 Å². The van der Waals surface area contributed by atoms with Gasteiger partial charge in [-0.2, -0.15) is 5.10 Å². The molecule has 12 heavy (non-hydrogen) atoms. The van der Waals surface area contributed by atoms with Gasteiger partial charge in [-0.1, -0.05) is 11.6 Å². The van der Waals surface area contributed by atoms with E-state index in [0.717, 1.165) is 0 Å². The summed E-state index contributed by atoms with van der Waals surface area (Å²) >= 11 is 5.75. The van der Waals surface area contributed by atoms with Crippen molar-refractivity contribution in [3.8, 4) is 0 Å². The van der Waals surface area contributed by atoms with Crippen LogP contribution in [0.15, 0.2) is 6.20 Å². The van der Waals surface area contributed by atoms with E-state index >= 15 is 0 Å². The van der Waals surface area contributed by atoms with Crippen LogP contribution in [-0.2, 0) is 18.3 Å². The van der Waals surface area contributed by atoms with Gasteiger partial charge in [0.2, 0.25) is 0 Å². The molecule has 0 aromatic carbocycles. The molecule has 0 saturated carbocycles. The number of carboxylic acid groups (broad SMARTS) is 1. The summed E-state index contributed by atoms with van der Waals surface area (Å²) in [5.74, 6) is -0.836. The molecule has 0 fully saturated rings. The van der Waals surface area contributed by atoms with Crippen LogP contribution in [0.25, 0.3) is 0 Å². The highest BCUT2D eigenvalue weighted by Gasteiger charge is 2.06. The van der Waals surface area contributed by atoms with E-state index in [4.69, 9.17) is 16.7 Å². The summed E-state index contributed by atoms with van der Waals surface area (Å²) in [6.45, 7) is 0. The molecule has 0 aliphatic heterocycles. The van der Waals surface area contributed by atoms with E-state index in [1.807, 2.05) is 0 Å². The Balaban J connectivity index is 2.62. The van der Waals surface area contributed by atoms with Crippen LogP contribution in [-0.4, -0.2) is 20.9 Å². The van der Waals surface area contributed by atoms with E-state index in [0.29, 0.717) is 17.1 Å². The molecular formula is C7H9ClN2O2. The van der Waals surface area contributed by atoms with Crippen molar-refractivity contribution >= 4 is 17.6 Å².